The predicted molar refractivity (Wildman–Crippen MR) is 223 cm³/mol. The van der Waals surface area contributed by atoms with Gasteiger partial charge in [-0.25, -0.2) is 4.99 Å². The number of allylic oxidation sites excluding steroid dienone is 5. The highest BCUT2D eigenvalue weighted by molar-refractivity contribution is 7.93. The Balaban J connectivity index is 0.000000916. The molecule has 1 aliphatic rings. The summed E-state index contributed by atoms with van der Waals surface area (Å²) in [6.45, 7) is 0. The van der Waals surface area contributed by atoms with Gasteiger partial charge in [0.2, 0.25) is 11.4 Å². The van der Waals surface area contributed by atoms with Gasteiger partial charge < -0.3 is 41.6 Å². The Hall–Kier alpha value is -5.00. The van der Waals surface area contributed by atoms with Gasteiger partial charge in [0.25, 0.3) is 0 Å². The lowest BCUT2D eigenvalue weighted by Gasteiger charge is -2.15. The van der Waals surface area contributed by atoms with Gasteiger partial charge in [0.1, 0.15) is 0 Å². The molecule has 54 heavy (non-hydrogen) atoms. The van der Waals surface area contributed by atoms with E-state index < -0.39 is 22.2 Å². The molecule has 0 saturated carbocycles. The maximum atomic E-state index is 9.00. The Morgan fingerprint density at radius 3 is 1.22 bits per heavy atom. The maximum Gasteiger partial charge on any atom is 0.203 e. The molecule has 0 amide bonds. The standard InChI is InChI=1S/C37H29N3.3CH4O2S.2H3N/c1-4-10-31(11-5-1)38-34-22-16-28(17-23-34)37(29-18-24-35(25-19-29)39-32-12-6-2-7-13-32)30-20-26-36(27-21-30)40-33-14-8-3-9-15-33;2*1-4(2)3;1-4-3-2;;/h1-27,38-39H;2*1H3,(H,2,3);2H,1H3;2*1H3/p-2. The number of hydrogen-bond acceptors (Lipinski definition) is 11. The van der Waals surface area contributed by atoms with E-state index in [1.165, 1.54) is 5.57 Å². The lowest BCUT2D eigenvalue weighted by molar-refractivity contribution is -0.629. The molecule has 5 aromatic carbocycles. The van der Waals surface area contributed by atoms with Crippen LogP contribution in [0.3, 0.4) is 0 Å². The van der Waals surface area contributed by atoms with Gasteiger partial charge in [0.05, 0.1) is 0 Å². The molecule has 286 valence electrons. The van der Waals surface area contributed by atoms with Crippen LogP contribution < -0.4 is 33.2 Å². The zero-order chi connectivity index (χ0) is 37.6. The zero-order valence-corrected chi connectivity index (χ0v) is 32.6. The van der Waals surface area contributed by atoms with Crippen molar-refractivity contribution < 1.29 is 32.1 Å². The summed E-state index contributed by atoms with van der Waals surface area (Å²) in [6, 6.07) is 48.0. The number of nitrogens with one attached hydrogen (secondary N) is 3. The van der Waals surface area contributed by atoms with Crippen LogP contribution in [0.1, 0.15) is 11.1 Å². The molecule has 0 bridgehead atoms. The average Bonchev–Trinajstić information content (AvgIpc) is 3.15. The quantitative estimate of drug-likeness (QED) is 0.0475. The van der Waals surface area contributed by atoms with Crippen molar-refractivity contribution in [1.29, 1.82) is 0 Å². The fourth-order valence-corrected chi connectivity index (χ4v) is 4.73. The van der Waals surface area contributed by atoms with Crippen molar-refractivity contribution in [1.82, 2.24) is 12.3 Å². The van der Waals surface area contributed by atoms with Crippen molar-refractivity contribution >= 4 is 73.9 Å². The number of rotatable bonds is 8. The topological polar surface area (TPSA) is 221 Å². The van der Waals surface area contributed by atoms with E-state index >= 15 is 0 Å². The van der Waals surface area contributed by atoms with E-state index in [4.69, 9.17) is 22.8 Å². The first-order chi connectivity index (χ1) is 25.2. The SMILES string of the molecule is C1=CC(=C(c2ccc(Nc3ccccc3)cc2)c2ccc(Nc3ccccc3)cc2)C=CC1=[NH+]c1ccccc1.CS(=O)[O-].CS(=O)[O-].CSO[O-].N.N. The number of para-hydroxylation sites is 3. The van der Waals surface area contributed by atoms with Gasteiger partial charge in [-0.3, -0.25) is 8.42 Å². The second kappa shape index (κ2) is 26.7. The summed E-state index contributed by atoms with van der Waals surface area (Å²) in [5, 5.41) is 15.7. The summed E-state index contributed by atoms with van der Waals surface area (Å²) in [6.07, 6.45) is 12.4. The van der Waals surface area contributed by atoms with E-state index in [9.17, 15) is 0 Å². The number of hydrogen-bond donors (Lipinski definition) is 5. The summed E-state index contributed by atoms with van der Waals surface area (Å²) in [4.78, 5) is 3.49. The molecule has 0 aliphatic heterocycles. The minimum atomic E-state index is -1.86. The van der Waals surface area contributed by atoms with E-state index in [-0.39, 0.29) is 12.3 Å². The van der Waals surface area contributed by atoms with Crippen molar-refractivity contribution in [3.8, 4) is 0 Å². The largest absolute Gasteiger partial charge is 0.773 e. The molecule has 6 rings (SSSR count). The zero-order valence-electron chi connectivity index (χ0n) is 30.2. The van der Waals surface area contributed by atoms with Crippen molar-refractivity contribution in [2.45, 2.75) is 0 Å². The van der Waals surface area contributed by atoms with E-state index in [0.29, 0.717) is 0 Å². The minimum Gasteiger partial charge on any atom is -0.773 e. The van der Waals surface area contributed by atoms with Crippen LogP contribution in [0.5, 0.6) is 0 Å². The molecule has 2 unspecified atom stereocenters. The molecule has 14 heteroatoms. The Morgan fingerprint density at radius 2 is 0.889 bits per heavy atom. The molecule has 11 nitrogen and oxygen atoms in total. The highest BCUT2D eigenvalue weighted by atomic mass is 32.2. The lowest BCUT2D eigenvalue weighted by Crippen LogP contribution is -2.65. The maximum absolute atomic E-state index is 9.00. The number of benzene rings is 5. The average molecular weight is 788 g/mol. The fraction of sp³-hybridized carbons (Fsp3) is 0.0750. The summed E-state index contributed by atoms with van der Waals surface area (Å²) < 4.78 is 39.2. The normalized spacial score (nSPS) is 11.9. The van der Waals surface area contributed by atoms with E-state index in [1.807, 2.05) is 54.6 Å². The highest BCUT2D eigenvalue weighted by Gasteiger charge is 2.13. The van der Waals surface area contributed by atoms with Gasteiger partial charge in [0, 0.05) is 53.3 Å². The van der Waals surface area contributed by atoms with Crippen LogP contribution in [0.2, 0.25) is 0 Å². The van der Waals surface area contributed by atoms with Gasteiger partial charge in [-0.2, -0.15) is 0 Å². The molecule has 0 heterocycles. The van der Waals surface area contributed by atoms with Crippen LogP contribution in [-0.2, 0) is 26.5 Å². The van der Waals surface area contributed by atoms with E-state index in [0.717, 1.165) is 75.4 Å². The van der Waals surface area contributed by atoms with Crippen LogP contribution >= 0.6 is 12.0 Å². The summed E-state index contributed by atoms with van der Waals surface area (Å²) in [5.41, 5.74) is 11.0. The van der Waals surface area contributed by atoms with Crippen molar-refractivity contribution in [2.75, 3.05) is 29.4 Å². The number of anilines is 4. The molecule has 9 N–H and O–H groups in total. The van der Waals surface area contributed by atoms with Gasteiger partial charge in [-0.1, -0.05) is 101 Å². The van der Waals surface area contributed by atoms with Crippen molar-refractivity contribution in [3.05, 3.63) is 181 Å². The van der Waals surface area contributed by atoms with Crippen LogP contribution in [0.25, 0.3) is 5.57 Å². The molecule has 0 saturated heterocycles. The summed E-state index contributed by atoms with van der Waals surface area (Å²) in [5.74, 6) is 0. The van der Waals surface area contributed by atoms with Crippen LogP contribution in [0.15, 0.2) is 169 Å². The smallest absolute Gasteiger partial charge is 0.203 e. The Morgan fingerprint density at radius 1 is 0.574 bits per heavy atom. The molecule has 0 spiro atoms. The van der Waals surface area contributed by atoms with E-state index in [1.54, 1.807) is 6.26 Å². The van der Waals surface area contributed by atoms with Crippen LogP contribution in [0, 0.1) is 0 Å². The third-order valence-corrected chi connectivity index (χ3v) is 6.91. The van der Waals surface area contributed by atoms with Gasteiger partial charge in [-0.05, 0) is 108 Å². The fourth-order valence-electron chi connectivity index (χ4n) is 4.73. The lowest BCUT2D eigenvalue weighted by atomic mass is 9.90. The molecule has 0 radical (unpaired) electrons. The highest BCUT2D eigenvalue weighted by Crippen LogP contribution is 2.32. The second-order valence-electron chi connectivity index (χ2n) is 10.6. The Kier molecular flexibility index (Phi) is 23.3. The Bertz CT molecular complexity index is 1830. The van der Waals surface area contributed by atoms with Crippen LogP contribution in [0.4, 0.5) is 28.4 Å². The molecule has 5 aromatic rings. The molecular weight excluding hydrogens is 743 g/mol. The molecule has 0 aromatic heterocycles. The van der Waals surface area contributed by atoms with Crippen molar-refractivity contribution in [2.24, 2.45) is 0 Å². The molecular formula is C40H45N5O6S3-2. The summed E-state index contributed by atoms with van der Waals surface area (Å²) >= 11 is -2.92. The van der Waals surface area contributed by atoms with Crippen LogP contribution in [-0.4, -0.2) is 42.0 Å². The molecule has 0 fully saturated rings. The Labute approximate surface area is 326 Å². The van der Waals surface area contributed by atoms with Gasteiger partial charge in [-0.15, -0.1) is 0 Å². The van der Waals surface area contributed by atoms with Gasteiger partial charge >= 0.3 is 0 Å². The van der Waals surface area contributed by atoms with E-state index in [2.05, 4.69) is 129 Å². The first kappa shape index (κ1) is 47.0. The monoisotopic (exact) mass is 787 g/mol. The van der Waals surface area contributed by atoms with Gasteiger partial charge in [0.15, 0.2) is 0 Å². The first-order valence-corrected chi connectivity index (χ1v) is 19.8. The molecule has 2 atom stereocenters. The predicted octanol–water partition coefficient (Wildman–Crippen LogP) is 6.83. The first-order valence-electron chi connectivity index (χ1n) is 15.7. The second-order valence-corrected chi connectivity index (χ2v) is 12.7. The van der Waals surface area contributed by atoms with Crippen molar-refractivity contribution in [3.63, 3.8) is 0 Å². The minimum absolute atomic E-state index is 0. The summed E-state index contributed by atoms with van der Waals surface area (Å²) in [7, 11) is 0. The molecule has 1 aliphatic carbocycles. The third-order valence-electron chi connectivity index (χ3n) is 6.78. The third kappa shape index (κ3) is 18.2.